The molecule has 4 atom stereocenters. The van der Waals surface area contributed by atoms with Gasteiger partial charge in [0.15, 0.2) is 12.2 Å². The van der Waals surface area contributed by atoms with Crippen LogP contribution in [0.4, 0.5) is 9.59 Å². The molecule has 3 rings (SSSR count). The molecule has 164 valence electrons. The lowest BCUT2D eigenvalue weighted by atomic mass is 10.0. The molecule has 0 aliphatic carbocycles. The minimum absolute atomic E-state index is 0.0156. The lowest BCUT2D eigenvalue weighted by Gasteiger charge is -2.24. The number of rotatable bonds is 7. The van der Waals surface area contributed by atoms with Gasteiger partial charge in [-0.2, -0.15) is 0 Å². The second kappa shape index (κ2) is 10.3. The van der Waals surface area contributed by atoms with Gasteiger partial charge in [-0.05, 0) is 18.1 Å². The zero-order valence-corrected chi connectivity index (χ0v) is 18.0. The maximum absolute atomic E-state index is 12.2. The SMILES string of the molecule is C[C@]1(P)C(=O)O[C@H](COC(=O)OCc2ccccc2)[C@H]1OC(=O)OCc1ccccc1. The Morgan fingerprint density at radius 2 is 1.42 bits per heavy atom. The summed E-state index contributed by atoms with van der Waals surface area (Å²) in [7, 11) is 2.31. The molecule has 0 bridgehead atoms. The molecule has 0 saturated carbocycles. The van der Waals surface area contributed by atoms with Gasteiger partial charge in [-0.15, -0.1) is 9.24 Å². The standard InChI is InChI=1S/C22H23O8P/c1-22(31)18(30-21(25)27-13-16-10-6-3-7-11-16)17(29-19(22)23)14-28-20(24)26-12-15-8-4-2-5-9-15/h2-11,17-18H,12-14,31H2,1H3/t17-,18-,22-/m1/s1. The number of hydrogen-bond donors (Lipinski definition) is 0. The summed E-state index contributed by atoms with van der Waals surface area (Å²) in [4.78, 5) is 36.2. The van der Waals surface area contributed by atoms with Crippen molar-refractivity contribution in [3.8, 4) is 0 Å². The Hall–Kier alpha value is -3.12. The van der Waals surface area contributed by atoms with E-state index in [2.05, 4.69) is 9.24 Å². The normalized spacial score (nSPS) is 22.3. The lowest BCUT2D eigenvalue weighted by molar-refractivity contribution is -0.145. The predicted molar refractivity (Wildman–Crippen MR) is 112 cm³/mol. The van der Waals surface area contributed by atoms with E-state index < -0.39 is 35.6 Å². The van der Waals surface area contributed by atoms with Crippen LogP contribution in [0.5, 0.6) is 0 Å². The summed E-state index contributed by atoms with van der Waals surface area (Å²) < 4.78 is 25.8. The zero-order chi connectivity index (χ0) is 22.3. The van der Waals surface area contributed by atoms with Crippen LogP contribution in [0.3, 0.4) is 0 Å². The Kier molecular flexibility index (Phi) is 7.47. The topological polar surface area (TPSA) is 97.4 Å². The van der Waals surface area contributed by atoms with E-state index in [4.69, 9.17) is 23.7 Å². The molecule has 0 aromatic heterocycles. The first-order chi connectivity index (χ1) is 14.9. The van der Waals surface area contributed by atoms with Gasteiger partial charge >= 0.3 is 18.3 Å². The van der Waals surface area contributed by atoms with Crippen LogP contribution < -0.4 is 0 Å². The molecule has 9 heteroatoms. The Balaban J connectivity index is 1.51. The average Bonchev–Trinajstić information content (AvgIpc) is 2.99. The molecule has 1 aliphatic heterocycles. The van der Waals surface area contributed by atoms with Gasteiger partial charge < -0.3 is 23.7 Å². The highest BCUT2D eigenvalue weighted by molar-refractivity contribution is 7.21. The quantitative estimate of drug-likeness (QED) is 0.361. The van der Waals surface area contributed by atoms with E-state index in [-0.39, 0.29) is 19.8 Å². The average molecular weight is 446 g/mol. The molecule has 0 amide bonds. The van der Waals surface area contributed by atoms with Gasteiger partial charge in [0.2, 0.25) is 0 Å². The van der Waals surface area contributed by atoms with Crippen molar-refractivity contribution in [1.29, 1.82) is 0 Å². The van der Waals surface area contributed by atoms with Crippen LogP contribution in [0.1, 0.15) is 18.1 Å². The van der Waals surface area contributed by atoms with Gasteiger partial charge in [0.05, 0.1) is 0 Å². The summed E-state index contributed by atoms with van der Waals surface area (Å²) in [6, 6.07) is 18.2. The van der Waals surface area contributed by atoms with Crippen molar-refractivity contribution in [2.75, 3.05) is 6.61 Å². The third-order valence-corrected chi connectivity index (χ3v) is 5.18. The second-order valence-corrected chi connectivity index (χ2v) is 8.32. The smallest absolute Gasteiger partial charge is 0.454 e. The molecular weight excluding hydrogens is 423 g/mol. The fourth-order valence-corrected chi connectivity index (χ4v) is 3.26. The Labute approximate surface area is 182 Å². The second-order valence-electron chi connectivity index (χ2n) is 7.12. The summed E-state index contributed by atoms with van der Waals surface area (Å²) in [5.74, 6) is -0.607. The number of esters is 1. The molecule has 0 N–H and O–H groups in total. The number of ether oxygens (including phenoxy) is 5. The first-order valence-corrected chi connectivity index (χ1v) is 10.1. The number of cyclic esters (lactones) is 1. The van der Waals surface area contributed by atoms with Crippen LogP contribution >= 0.6 is 9.24 Å². The number of hydrogen-bond acceptors (Lipinski definition) is 8. The molecular formula is C22H23O8P. The van der Waals surface area contributed by atoms with Gasteiger partial charge in [0.25, 0.3) is 0 Å². The van der Waals surface area contributed by atoms with E-state index in [1.165, 1.54) is 0 Å². The molecule has 0 spiro atoms. The number of carbonyl (C=O) groups is 3. The summed E-state index contributed by atoms with van der Waals surface area (Å²) in [5.41, 5.74) is 1.58. The van der Waals surface area contributed by atoms with Crippen LogP contribution in [0.2, 0.25) is 0 Å². The first kappa shape index (κ1) is 22.6. The van der Waals surface area contributed by atoms with Gasteiger partial charge in [-0.1, -0.05) is 60.7 Å². The van der Waals surface area contributed by atoms with Gasteiger partial charge in [0, 0.05) is 0 Å². The van der Waals surface area contributed by atoms with E-state index in [1.807, 2.05) is 36.4 Å². The molecule has 0 radical (unpaired) electrons. The fraction of sp³-hybridized carbons (Fsp3) is 0.318. The predicted octanol–water partition coefficient (Wildman–Crippen LogP) is 3.62. The van der Waals surface area contributed by atoms with Crippen LogP contribution in [0, 0.1) is 0 Å². The molecule has 1 fully saturated rings. The lowest BCUT2D eigenvalue weighted by Crippen LogP contribution is -2.43. The van der Waals surface area contributed by atoms with Crippen molar-refractivity contribution in [3.05, 3.63) is 71.8 Å². The van der Waals surface area contributed by atoms with Crippen molar-refractivity contribution in [3.63, 3.8) is 0 Å². The number of carbonyl (C=O) groups excluding carboxylic acids is 3. The summed E-state index contributed by atoms with van der Waals surface area (Å²) in [6.07, 6.45) is -3.92. The zero-order valence-electron chi connectivity index (χ0n) is 16.9. The monoisotopic (exact) mass is 446 g/mol. The van der Waals surface area contributed by atoms with Crippen LogP contribution in [-0.2, 0) is 41.7 Å². The minimum Gasteiger partial charge on any atom is -0.454 e. The van der Waals surface area contributed by atoms with Crippen molar-refractivity contribution in [2.45, 2.75) is 37.5 Å². The maximum atomic E-state index is 12.2. The highest BCUT2D eigenvalue weighted by Gasteiger charge is 2.54. The summed E-state index contributed by atoms with van der Waals surface area (Å²) in [5, 5.41) is -1.21. The van der Waals surface area contributed by atoms with Crippen molar-refractivity contribution < 1.29 is 38.1 Å². The fourth-order valence-electron chi connectivity index (χ4n) is 2.91. The third kappa shape index (κ3) is 6.18. The van der Waals surface area contributed by atoms with Gasteiger partial charge in [-0.3, -0.25) is 4.79 Å². The van der Waals surface area contributed by atoms with Gasteiger partial charge in [-0.25, -0.2) is 9.59 Å². The van der Waals surface area contributed by atoms with E-state index in [0.717, 1.165) is 11.1 Å². The molecule has 1 aliphatic rings. The van der Waals surface area contributed by atoms with Crippen molar-refractivity contribution in [1.82, 2.24) is 0 Å². The molecule has 1 heterocycles. The summed E-state index contributed by atoms with van der Waals surface area (Å²) >= 11 is 0. The Morgan fingerprint density at radius 3 is 1.97 bits per heavy atom. The van der Waals surface area contributed by atoms with E-state index in [9.17, 15) is 14.4 Å². The van der Waals surface area contributed by atoms with E-state index in [0.29, 0.717) is 0 Å². The van der Waals surface area contributed by atoms with Crippen LogP contribution in [-0.4, -0.2) is 42.3 Å². The molecule has 1 saturated heterocycles. The highest BCUT2D eigenvalue weighted by Crippen LogP contribution is 2.36. The van der Waals surface area contributed by atoms with E-state index in [1.54, 1.807) is 31.2 Å². The Morgan fingerprint density at radius 1 is 0.903 bits per heavy atom. The molecule has 2 aromatic carbocycles. The highest BCUT2D eigenvalue weighted by atomic mass is 31.0. The number of benzene rings is 2. The molecule has 8 nitrogen and oxygen atoms in total. The van der Waals surface area contributed by atoms with Crippen molar-refractivity contribution >= 4 is 27.5 Å². The minimum atomic E-state index is -1.21. The van der Waals surface area contributed by atoms with Crippen LogP contribution in [0.25, 0.3) is 0 Å². The Bertz CT molecular complexity index is 900. The summed E-state index contributed by atoms with van der Waals surface area (Å²) in [6.45, 7) is 1.27. The van der Waals surface area contributed by atoms with Crippen LogP contribution in [0.15, 0.2) is 60.7 Å². The molecule has 2 aromatic rings. The van der Waals surface area contributed by atoms with E-state index >= 15 is 0 Å². The first-order valence-electron chi connectivity index (χ1n) is 9.57. The van der Waals surface area contributed by atoms with Crippen molar-refractivity contribution in [2.24, 2.45) is 0 Å². The molecule has 31 heavy (non-hydrogen) atoms. The maximum Gasteiger partial charge on any atom is 0.509 e. The largest absolute Gasteiger partial charge is 0.509 e. The third-order valence-electron chi connectivity index (χ3n) is 4.61. The van der Waals surface area contributed by atoms with Gasteiger partial charge in [0.1, 0.15) is 25.0 Å². The molecule has 1 unspecified atom stereocenters.